The van der Waals surface area contributed by atoms with Crippen LogP contribution in [0.5, 0.6) is 0 Å². The number of nitrogens with zero attached hydrogens (tertiary/aromatic N) is 2. The first-order valence-corrected chi connectivity index (χ1v) is 5.97. The van der Waals surface area contributed by atoms with Crippen LogP contribution < -0.4 is 5.32 Å². The Morgan fingerprint density at radius 1 is 1.18 bits per heavy atom. The van der Waals surface area contributed by atoms with Crippen LogP contribution in [0.4, 0.5) is 0 Å². The number of nitrogens with one attached hydrogen (secondary N) is 1. The third-order valence-electron chi connectivity index (χ3n) is 3.21. The van der Waals surface area contributed by atoms with Crippen molar-refractivity contribution in [3.8, 4) is 0 Å². The highest BCUT2D eigenvalue weighted by Crippen LogP contribution is 2.40. The number of hydrogen-bond acceptors (Lipinski definition) is 3. The number of rotatable bonds is 4. The van der Waals surface area contributed by atoms with Gasteiger partial charge in [0.1, 0.15) is 6.33 Å². The Bertz CT molecular complexity index is 469. The molecular formula is C14H15N3. The largest absolute Gasteiger partial charge is 0.308 e. The van der Waals surface area contributed by atoms with Crippen molar-refractivity contribution < 1.29 is 0 Å². The van der Waals surface area contributed by atoms with Crippen LogP contribution in [0.1, 0.15) is 23.6 Å². The van der Waals surface area contributed by atoms with Gasteiger partial charge in [0.05, 0.1) is 5.69 Å². The fourth-order valence-corrected chi connectivity index (χ4v) is 2.15. The smallest absolute Gasteiger partial charge is 0.115 e. The zero-order valence-corrected chi connectivity index (χ0v) is 9.58. The molecule has 2 unspecified atom stereocenters. The van der Waals surface area contributed by atoms with Gasteiger partial charge in [-0.05, 0) is 18.1 Å². The molecule has 17 heavy (non-hydrogen) atoms. The van der Waals surface area contributed by atoms with Gasteiger partial charge in [0.15, 0.2) is 0 Å². The molecule has 1 N–H and O–H groups in total. The zero-order chi connectivity index (χ0) is 11.5. The van der Waals surface area contributed by atoms with Crippen molar-refractivity contribution in [2.75, 3.05) is 0 Å². The lowest BCUT2D eigenvalue weighted by Gasteiger charge is -2.03. The minimum absolute atomic E-state index is 0.604. The third-order valence-corrected chi connectivity index (χ3v) is 3.21. The second-order valence-corrected chi connectivity index (χ2v) is 4.44. The molecule has 1 saturated carbocycles. The van der Waals surface area contributed by atoms with Crippen LogP contribution in [0, 0.1) is 0 Å². The van der Waals surface area contributed by atoms with Crippen molar-refractivity contribution in [2.45, 2.75) is 24.9 Å². The summed E-state index contributed by atoms with van der Waals surface area (Å²) in [5, 5.41) is 3.53. The van der Waals surface area contributed by atoms with Gasteiger partial charge in [-0.1, -0.05) is 30.3 Å². The number of hydrogen-bond donors (Lipinski definition) is 1. The normalized spacial score (nSPS) is 22.4. The molecule has 0 spiro atoms. The van der Waals surface area contributed by atoms with E-state index in [1.54, 1.807) is 12.5 Å². The zero-order valence-electron chi connectivity index (χ0n) is 9.58. The second-order valence-electron chi connectivity index (χ2n) is 4.44. The molecule has 3 heteroatoms. The van der Waals surface area contributed by atoms with Gasteiger partial charge in [0, 0.05) is 24.7 Å². The second kappa shape index (κ2) is 4.63. The predicted molar refractivity (Wildman–Crippen MR) is 66.5 cm³/mol. The van der Waals surface area contributed by atoms with Crippen molar-refractivity contribution >= 4 is 0 Å². The van der Waals surface area contributed by atoms with Crippen LogP contribution in [0.2, 0.25) is 0 Å². The molecule has 0 bridgehead atoms. The minimum Gasteiger partial charge on any atom is -0.308 e. The van der Waals surface area contributed by atoms with Gasteiger partial charge in [-0.3, -0.25) is 0 Å². The fourth-order valence-electron chi connectivity index (χ4n) is 2.15. The highest BCUT2D eigenvalue weighted by Gasteiger charge is 2.37. The van der Waals surface area contributed by atoms with Crippen molar-refractivity contribution in [3.05, 3.63) is 60.2 Å². The van der Waals surface area contributed by atoms with Crippen LogP contribution in [-0.2, 0) is 6.54 Å². The average molecular weight is 225 g/mol. The molecule has 1 fully saturated rings. The minimum atomic E-state index is 0.604. The summed E-state index contributed by atoms with van der Waals surface area (Å²) in [6.45, 7) is 0.830. The molecule has 0 radical (unpaired) electrons. The summed E-state index contributed by atoms with van der Waals surface area (Å²) in [6, 6.07) is 13.2. The topological polar surface area (TPSA) is 37.8 Å². The quantitative estimate of drug-likeness (QED) is 0.866. The lowest BCUT2D eigenvalue weighted by atomic mass is 10.1. The molecule has 1 aromatic carbocycles. The Kier molecular flexibility index (Phi) is 2.84. The lowest BCUT2D eigenvalue weighted by molar-refractivity contribution is 0.659. The number of aromatic nitrogens is 2. The summed E-state index contributed by atoms with van der Waals surface area (Å²) in [6.07, 6.45) is 4.61. The van der Waals surface area contributed by atoms with Gasteiger partial charge in [0.2, 0.25) is 0 Å². The molecule has 1 aromatic heterocycles. The summed E-state index contributed by atoms with van der Waals surface area (Å²) in [5.74, 6) is 0.679. The Morgan fingerprint density at radius 3 is 2.82 bits per heavy atom. The Labute approximate surface area is 101 Å². The van der Waals surface area contributed by atoms with Crippen LogP contribution in [0.15, 0.2) is 48.9 Å². The lowest BCUT2D eigenvalue weighted by Crippen LogP contribution is -2.17. The van der Waals surface area contributed by atoms with Gasteiger partial charge in [0.25, 0.3) is 0 Å². The van der Waals surface area contributed by atoms with E-state index < -0.39 is 0 Å². The average Bonchev–Trinajstić information content (AvgIpc) is 3.18. The van der Waals surface area contributed by atoms with Crippen LogP contribution >= 0.6 is 0 Å². The maximum absolute atomic E-state index is 4.20. The van der Waals surface area contributed by atoms with E-state index in [0.29, 0.717) is 12.0 Å². The molecule has 3 nitrogen and oxygen atoms in total. The van der Waals surface area contributed by atoms with Crippen molar-refractivity contribution in [1.82, 2.24) is 15.3 Å². The highest BCUT2D eigenvalue weighted by molar-refractivity contribution is 5.27. The van der Waals surface area contributed by atoms with Gasteiger partial charge in [-0.2, -0.15) is 0 Å². The molecule has 3 rings (SSSR count). The first kappa shape index (κ1) is 10.4. The molecular weight excluding hydrogens is 210 g/mol. The van der Waals surface area contributed by atoms with Gasteiger partial charge < -0.3 is 5.32 Å². The molecule has 0 aliphatic heterocycles. The summed E-state index contributed by atoms with van der Waals surface area (Å²) in [7, 11) is 0. The van der Waals surface area contributed by atoms with E-state index in [9.17, 15) is 0 Å². The summed E-state index contributed by atoms with van der Waals surface area (Å²) in [4.78, 5) is 8.11. The molecule has 0 saturated heterocycles. The Morgan fingerprint density at radius 2 is 2.06 bits per heavy atom. The summed E-state index contributed by atoms with van der Waals surface area (Å²) in [5.41, 5.74) is 2.49. The van der Waals surface area contributed by atoms with Crippen LogP contribution in [-0.4, -0.2) is 16.0 Å². The summed E-state index contributed by atoms with van der Waals surface area (Å²) < 4.78 is 0. The summed E-state index contributed by atoms with van der Waals surface area (Å²) >= 11 is 0. The molecule has 2 atom stereocenters. The van der Waals surface area contributed by atoms with Crippen LogP contribution in [0.3, 0.4) is 0 Å². The maximum Gasteiger partial charge on any atom is 0.115 e. The van der Waals surface area contributed by atoms with Gasteiger partial charge in [-0.25, -0.2) is 9.97 Å². The first-order chi connectivity index (χ1) is 8.43. The highest BCUT2D eigenvalue weighted by atomic mass is 15.0. The maximum atomic E-state index is 4.20. The Balaban J connectivity index is 1.53. The van der Waals surface area contributed by atoms with E-state index in [0.717, 1.165) is 12.2 Å². The van der Waals surface area contributed by atoms with Crippen molar-refractivity contribution in [1.29, 1.82) is 0 Å². The number of benzene rings is 1. The molecule has 1 aliphatic rings. The molecule has 2 aromatic rings. The third kappa shape index (κ3) is 2.50. The monoisotopic (exact) mass is 225 g/mol. The van der Waals surface area contributed by atoms with Gasteiger partial charge in [-0.15, -0.1) is 0 Å². The molecule has 86 valence electrons. The van der Waals surface area contributed by atoms with E-state index >= 15 is 0 Å². The fraction of sp³-hybridized carbons (Fsp3) is 0.286. The van der Waals surface area contributed by atoms with Crippen molar-refractivity contribution in [3.63, 3.8) is 0 Å². The van der Waals surface area contributed by atoms with E-state index in [2.05, 4.69) is 45.6 Å². The predicted octanol–water partition coefficient (Wildman–Crippen LogP) is 2.12. The van der Waals surface area contributed by atoms with E-state index in [4.69, 9.17) is 0 Å². The van der Waals surface area contributed by atoms with E-state index in [-0.39, 0.29) is 0 Å². The first-order valence-electron chi connectivity index (χ1n) is 5.97. The van der Waals surface area contributed by atoms with Crippen LogP contribution in [0.25, 0.3) is 0 Å². The standard InChI is InChI=1S/C14H15N3/c1-2-4-11(5-3-1)13-8-14(13)16-9-12-6-7-15-10-17-12/h1-7,10,13-14,16H,8-9H2. The Hall–Kier alpha value is -1.74. The molecule has 0 amide bonds. The SMILES string of the molecule is c1ccc(C2CC2NCc2ccncn2)cc1. The van der Waals surface area contributed by atoms with E-state index in [1.807, 2.05) is 6.07 Å². The van der Waals surface area contributed by atoms with E-state index in [1.165, 1.54) is 12.0 Å². The molecule has 1 heterocycles. The van der Waals surface area contributed by atoms with Crippen molar-refractivity contribution in [2.24, 2.45) is 0 Å². The molecule has 1 aliphatic carbocycles. The van der Waals surface area contributed by atoms with Gasteiger partial charge >= 0.3 is 0 Å².